The molecule has 0 aromatic rings. The van der Waals surface area contributed by atoms with Crippen molar-refractivity contribution in [3.63, 3.8) is 0 Å². The van der Waals surface area contributed by atoms with Gasteiger partial charge in [-0.1, -0.05) is 12.2 Å². The molecule has 2 nitrogen and oxygen atoms in total. The molecule has 0 atom stereocenters. The number of hydrogen-bond donors (Lipinski definition) is 1. The Balaban J connectivity index is 3.74. The van der Waals surface area contributed by atoms with Crippen LogP contribution < -0.4 is 5.73 Å². The molecule has 0 amide bonds. The Hall–Kier alpha value is 0.224. The minimum atomic E-state index is -1.30. The van der Waals surface area contributed by atoms with Gasteiger partial charge in [0, 0.05) is 20.6 Å². The van der Waals surface area contributed by atoms with E-state index in [1.807, 2.05) is 0 Å². The Labute approximate surface area is 97.6 Å². The Morgan fingerprint density at radius 2 is 1.87 bits per heavy atom. The van der Waals surface area contributed by atoms with Crippen LogP contribution in [0.4, 0.5) is 0 Å². The Bertz CT molecular complexity index is 214. The predicted molar refractivity (Wildman–Crippen MR) is 74.7 cm³/mol. The monoisotopic (exact) mass is 245 g/mol. The molecule has 0 aromatic heterocycles. The molecule has 0 bridgehead atoms. The lowest BCUT2D eigenvalue weighted by Crippen LogP contribution is -2.36. The smallest absolute Gasteiger partial charge is 0.183 e. The second-order valence-electron chi connectivity index (χ2n) is 5.88. The van der Waals surface area contributed by atoms with Gasteiger partial charge in [-0.3, -0.25) is 0 Å². The van der Waals surface area contributed by atoms with E-state index in [1.54, 1.807) is 0 Å². The molecule has 0 saturated carbocycles. The third-order valence-electron chi connectivity index (χ3n) is 1.87. The van der Waals surface area contributed by atoms with Gasteiger partial charge < -0.3 is 10.2 Å². The van der Waals surface area contributed by atoms with E-state index in [1.165, 1.54) is 12.5 Å². The van der Waals surface area contributed by atoms with Crippen molar-refractivity contribution in [2.24, 2.45) is 5.73 Å². The van der Waals surface area contributed by atoms with Crippen molar-refractivity contribution in [1.82, 2.24) is 0 Å². The van der Waals surface area contributed by atoms with Crippen LogP contribution in [0, 0.1) is 0 Å². The zero-order valence-corrected chi connectivity index (χ0v) is 13.2. The highest BCUT2D eigenvalue weighted by Gasteiger charge is 2.13. The molecular weight excluding hydrogens is 218 g/mol. The van der Waals surface area contributed by atoms with E-state index in [2.05, 4.69) is 45.7 Å². The van der Waals surface area contributed by atoms with Crippen molar-refractivity contribution < 1.29 is 4.43 Å². The SMILES string of the molecule is C[Si](=CC(C)(C)N)CCCO[Si](C)(C)C. The van der Waals surface area contributed by atoms with E-state index >= 15 is 0 Å². The second-order valence-corrected chi connectivity index (χ2v) is 12.9. The van der Waals surface area contributed by atoms with Gasteiger partial charge in [0.05, 0.1) is 0 Å². The maximum absolute atomic E-state index is 5.96. The minimum Gasteiger partial charge on any atom is -0.418 e. The molecule has 0 aliphatic heterocycles. The molecule has 0 aliphatic rings. The summed E-state index contributed by atoms with van der Waals surface area (Å²) in [6, 6.07) is 1.27. The highest BCUT2D eigenvalue weighted by molar-refractivity contribution is 6.69. The number of nitrogens with two attached hydrogens (primary N) is 1. The van der Waals surface area contributed by atoms with Crippen LogP contribution in [-0.2, 0) is 4.43 Å². The van der Waals surface area contributed by atoms with Crippen molar-refractivity contribution in [3.05, 3.63) is 0 Å². The molecule has 2 N–H and O–H groups in total. The van der Waals surface area contributed by atoms with Crippen molar-refractivity contribution in [2.45, 2.75) is 58.0 Å². The quantitative estimate of drug-likeness (QED) is 0.576. The molecule has 0 rings (SSSR count). The zero-order valence-electron chi connectivity index (χ0n) is 11.2. The Kier molecular flexibility index (Phi) is 6.17. The normalized spacial score (nSPS) is 14.5. The Morgan fingerprint density at radius 1 is 1.33 bits per heavy atom. The fourth-order valence-electron chi connectivity index (χ4n) is 1.44. The molecule has 15 heavy (non-hydrogen) atoms. The molecule has 0 fully saturated rings. The van der Waals surface area contributed by atoms with E-state index in [0.717, 1.165) is 6.61 Å². The first kappa shape index (κ1) is 15.2. The van der Waals surface area contributed by atoms with Gasteiger partial charge in [-0.05, 0) is 46.0 Å². The topological polar surface area (TPSA) is 35.2 Å². The highest BCUT2D eigenvalue weighted by Crippen LogP contribution is 2.04. The van der Waals surface area contributed by atoms with Crippen LogP contribution in [0.5, 0.6) is 0 Å². The summed E-state index contributed by atoms with van der Waals surface area (Å²) in [7, 11) is -1.68. The largest absolute Gasteiger partial charge is 0.418 e. The maximum Gasteiger partial charge on any atom is 0.183 e. The molecule has 0 heterocycles. The molecule has 0 radical (unpaired) electrons. The van der Waals surface area contributed by atoms with Crippen LogP contribution in [0.1, 0.15) is 20.3 Å². The first-order chi connectivity index (χ1) is 6.60. The van der Waals surface area contributed by atoms with Crippen LogP contribution in [0.25, 0.3) is 0 Å². The van der Waals surface area contributed by atoms with Gasteiger partial charge in [0.15, 0.2) is 8.32 Å². The summed E-state index contributed by atoms with van der Waals surface area (Å²) >= 11 is 0. The van der Waals surface area contributed by atoms with Gasteiger partial charge in [0.2, 0.25) is 0 Å². The van der Waals surface area contributed by atoms with Crippen LogP contribution in [-0.4, -0.2) is 34.5 Å². The molecule has 90 valence electrons. The highest BCUT2D eigenvalue weighted by atomic mass is 28.4. The number of rotatable bonds is 6. The summed E-state index contributed by atoms with van der Waals surface area (Å²) in [5.74, 6) is 0. The minimum absolute atomic E-state index is 0.108. The van der Waals surface area contributed by atoms with Gasteiger partial charge >= 0.3 is 0 Å². The summed E-state index contributed by atoms with van der Waals surface area (Å²) in [5.41, 5.74) is 8.17. The average Bonchev–Trinajstić information content (AvgIpc) is 1.92. The summed E-state index contributed by atoms with van der Waals surface area (Å²) < 4.78 is 5.82. The van der Waals surface area contributed by atoms with Crippen LogP contribution in [0.2, 0.25) is 32.2 Å². The molecule has 0 aromatic carbocycles. The van der Waals surface area contributed by atoms with Gasteiger partial charge in [0.25, 0.3) is 0 Å². The van der Waals surface area contributed by atoms with E-state index in [4.69, 9.17) is 10.2 Å². The van der Waals surface area contributed by atoms with Crippen LogP contribution in [0.15, 0.2) is 0 Å². The van der Waals surface area contributed by atoms with Gasteiger partial charge in [-0.2, -0.15) is 0 Å². The molecule has 0 aliphatic carbocycles. The summed E-state index contributed by atoms with van der Waals surface area (Å²) in [4.78, 5) is 0. The van der Waals surface area contributed by atoms with Gasteiger partial charge in [-0.15, -0.1) is 0 Å². The van der Waals surface area contributed by atoms with E-state index in [0.29, 0.717) is 0 Å². The van der Waals surface area contributed by atoms with Crippen molar-refractivity contribution in [1.29, 1.82) is 0 Å². The second kappa shape index (κ2) is 6.08. The Morgan fingerprint density at radius 3 is 2.27 bits per heavy atom. The lowest BCUT2D eigenvalue weighted by Gasteiger charge is -2.17. The number of hydrogen-bond acceptors (Lipinski definition) is 2. The predicted octanol–water partition coefficient (Wildman–Crippen LogP) is 2.47. The van der Waals surface area contributed by atoms with Gasteiger partial charge in [-0.25, -0.2) is 0 Å². The lowest BCUT2D eigenvalue weighted by atomic mass is 10.1. The summed E-state index contributed by atoms with van der Waals surface area (Å²) in [6.45, 7) is 14.1. The maximum atomic E-state index is 5.96. The first-order valence-corrected chi connectivity index (χ1v) is 11.4. The summed E-state index contributed by atoms with van der Waals surface area (Å²) in [6.07, 6.45) is 1.18. The standard InChI is InChI=1S/C11H27NOSi2/c1-11(2,12)10-14(3)9-7-8-13-15(4,5)6/h10H,7-9,12H2,1-6H3. The fraction of sp³-hybridized carbons (Fsp3) is 0.909. The van der Waals surface area contributed by atoms with Gasteiger partial charge in [0.1, 0.15) is 0 Å². The van der Waals surface area contributed by atoms with E-state index < -0.39 is 8.32 Å². The first-order valence-electron chi connectivity index (χ1n) is 5.71. The van der Waals surface area contributed by atoms with Crippen molar-refractivity contribution in [3.8, 4) is 0 Å². The van der Waals surface area contributed by atoms with E-state index in [9.17, 15) is 0 Å². The fourth-order valence-corrected chi connectivity index (χ4v) is 4.31. The molecule has 0 spiro atoms. The van der Waals surface area contributed by atoms with Crippen LogP contribution in [0.3, 0.4) is 0 Å². The lowest BCUT2D eigenvalue weighted by molar-refractivity contribution is 0.311. The molecule has 0 saturated heterocycles. The van der Waals surface area contributed by atoms with E-state index in [-0.39, 0.29) is 13.9 Å². The van der Waals surface area contributed by atoms with Crippen LogP contribution >= 0.6 is 0 Å². The molecule has 0 unspecified atom stereocenters. The average molecular weight is 246 g/mol. The molecular formula is C11H27NOSi2. The van der Waals surface area contributed by atoms with Crippen molar-refractivity contribution in [2.75, 3.05) is 6.61 Å². The summed E-state index contributed by atoms with van der Waals surface area (Å²) in [5, 5.41) is 0. The van der Waals surface area contributed by atoms with Crippen molar-refractivity contribution >= 4 is 22.4 Å². The molecule has 4 heteroatoms. The third-order valence-corrected chi connectivity index (χ3v) is 5.32. The third kappa shape index (κ3) is 12.2. The zero-order chi connectivity index (χ0) is 12.1.